The van der Waals surface area contributed by atoms with Crippen LogP contribution in [0.4, 0.5) is 0 Å². The van der Waals surface area contributed by atoms with E-state index in [2.05, 4.69) is 26.1 Å². The maximum absolute atomic E-state index is 11.2. The molecule has 23 heavy (non-hydrogen) atoms. The molecule has 0 spiro atoms. The molecule has 0 bridgehead atoms. The molecule has 2 aromatic carbocycles. The minimum Gasteiger partial charge on any atom is -0.484 e. The molecule has 5 nitrogen and oxygen atoms in total. The first kappa shape index (κ1) is 15.4. The molecule has 0 saturated heterocycles. The van der Waals surface area contributed by atoms with E-state index in [0.717, 1.165) is 10.0 Å². The smallest absolute Gasteiger partial charge is 0.254 e. The quantitative estimate of drug-likeness (QED) is 0.625. The van der Waals surface area contributed by atoms with E-state index in [0.29, 0.717) is 23.1 Å². The van der Waals surface area contributed by atoms with Gasteiger partial charge in [0.15, 0.2) is 12.4 Å². The lowest BCUT2D eigenvalue weighted by atomic mass is 10.1. The molecule has 1 aromatic heterocycles. The second kappa shape index (κ2) is 6.75. The zero-order valence-electron chi connectivity index (χ0n) is 12.3. The second-order valence-electron chi connectivity index (χ2n) is 4.88. The molecule has 3 aromatic rings. The van der Waals surface area contributed by atoms with Crippen molar-refractivity contribution in [1.82, 2.24) is 10.2 Å². The van der Waals surface area contributed by atoms with Gasteiger partial charge >= 0.3 is 0 Å². The van der Waals surface area contributed by atoms with Crippen LogP contribution in [-0.2, 0) is 6.61 Å². The van der Waals surface area contributed by atoms with Crippen molar-refractivity contribution >= 4 is 21.7 Å². The van der Waals surface area contributed by atoms with Gasteiger partial charge in [0.2, 0.25) is 5.89 Å². The lowest BCUT2D eigenvalue weighted by molar-refractivity contribution is 0.101. The van der Waals surface area contributed by atoms with Crippen LogP contribution in [0.3, 0.4) is 0 Å². The standard InChI is InChI=1S/C17H13BrN2O3/c1-11(21)12-4-8-15(9-5-12)22-10-16-19-20-17(23-16)13-2-6-14(18)7-3-13/h2-9H,10H2,1H3. The molecular formula is C17H13BrN2O3. The Morgan fingerprint density at radius 3 is 2.43 bits per heavy atom. The highest BCUT2D eigenvalue weighted by Gasteiger charge is 2.09. The van der Waals surface area contributed by atoms with E-state index in [1.807, 2.05) is 24.3 Å². The fourth-order valence-electron chi connectivity index (χ4n) is 1.95. The van der Waals surface area contributed by atoms with E-state index in [4.69, 9.17) is 9.15 Å². The number of ether oxygens (including phenoxy) is 1. The van der Waals surface area contributed by atoms with Crippen molar-refractivity contribution in [2.24, 2.45) is 0 Å². The highest BCUT2D eigenvalue weighted by Crippen LogP contribution is 2.21. The van der Waals surface area contributed by atoms with Gasteiger partial charge < -0.3 is 9.15 Å². The summed E-state index contributed by atoms with van der Waals surface area (Å²) in [6.45, 7) is 1.70. The van der Waals surface area contributed by atoms with Crippen molar-refractivity contribution in [2.75, 3.05) is 0 Å². The molecule has 1 heterocycles. The van der Waals surface area contributed by atoms with Gasteiger partial charge in [-0.1, -0.05) is 15.9 Å². The number of carbonyl (C=O) groups excluding carboxylic acids is 1. The van der Waals surface area contributed by atoms with Crippen molar-refractivity contribution in [2.45, 2.75) is 13.5 Å². The number of benzene rings is 2. The van der Waals surface area contributed by atoms with Crippen molar-refractivity contribution in [3.05, 3.63) is 64.5 Å². The summed E-state index contributed by atoms with van der Waals surface area (Å²) in [5.41, 5.74) is 1.49. The van der Waals surface area contributed by atoms with Crippen LogP contribution in [0.2, 0.25) is 0 Å². The summed E-state index contributed by atoms with van der Waals surface area (Å²) in [5, 5.41) is 7.98. The Balaban J connectivity index is 1.65. The van der Waals surface area contributed by atoms with Gasteiger partial charge in [-0.15, -0.1) is 10.2 Å². The summed E-state index contributed by atoms with van der Waals surface area (Å²) in [6, 6.07) is 14.5. The minimum atomic E-state index is 0.0209. The van der Waals surface area contributed by atoms with E-state index in [1.165, 1.54) is 6.92 Å². The fourth-order valence-corrected chi connectivity index (χ4v) is 2.22. The number of aromatic nitrogens is 2. The highest BCUT2D eigenvalue weighted by atomic mass is 79.9. The summed E-state index contributed by atoms with van der Waals surface area (Å²) < 4.78 is 12.1. The molecule has 0 aliphatic carbocycles. The zero-order valence-corrected chi connectivity index (χ0v) is 13.9. The van der Waals surface area contributed by atoms with Gasteiger partial charge in [0.1, 0.15) is 5.75 Å². The van der Waals surface area contributed by atoms with Gasteiger partial charge in [0, 0.05) is 15.6 Å². The topological polar surface area (TPSA) is 65.2 Å². The third kappa shape index (κ3) is 3.84. The Hall–Kier alpha value is -2.47. The molecule has 3 rings (SSSR count). The first-order valence-corrected chi connectivity index (χ1v) is 7.73. The maximum Gasteiger partial charge on any atom is 0.254 e. The number of hydrogen-bond donors (Lipinski definition) is 0. The van der Waals surface area contributed by atoms with Crippen LogP contribution in [-0.4, -0.2) is 16.0 Å². The first-order valence-electron chi connectivity index (χ1n) is 6.94. The Morgan fingerprint density at radius 2 is 1.78 bits per heavy atom. The van der Waals surface area contributed by atoms with E-state index >= 15 is 0 Å². The molecule has 0 N–H and O–H groups in total. The Morgan fingerprint density at radius 1 is 1.09 bits per heavy atom. The average molecular weight is 373 g/mol. The van der Waals surface area contributed by atoms with Crippen LogP contribution in [0, 0.1) is 0 Å². The molecule has 6 heteroatoms. The van der Waals surface area contributed by atoms with E-state index < -0.39 is 0 Å². The van der Waals surface area contributed by atoms with E-state index in [9.17, 15) is 4.79 Å². The number of nitrogens with zero attached hydrogens (tertiary/aromatic N) is 2. The minimum absolute atomic E-state index is 0.0209. The lowest BCUT2D eigenvalue weighted by Gasteiger charge is -2.03. The van der Waals surface area contributed by atoms with Crippen molar-refractivity contribution < 1.29 is 13.9 Å². The zero-order chi connectivity index (χ0) is 16.2. The summed E-state index contributed by atoms with van der Waals surface area (Å²) >= 11 is 3.38. The monoisotopic (exact) mass is 372 g/mol. The number of halogens is 1. The summed E-state index contributed by atoms with van der Waals surface area (Å²) in [6.07, 6.45) is 0. The van der Waals surface area contributed by atoms with Crippen LogP contribution >= 0.6 is 15.9 Å². The first-order chi connectivity index (χ1) is 11.1. The van der Waals surface area contributed by atoms with Gasteiger partial charge in [-0.25, -0.2) is 0 Å². The lowest BCUT2D eigenvalue weighted by Crippen LogP contribution is -1.97. The molecule has 0 unspecified atom stereocenters. The van der Waals surface area contributed by atoms with Crippen LogP contribution < -0.4 is 4.74 Å². The molecule has 0 aliphatic heterocycles. The van der Waals surface area contributed by atoms with Crippen LogP contribution in [0.15, 0.2) is 57.4 Å². The average Bonchev–Trinajstić information content (AvgIpc) is 3.03. The van der Waals surface area contributed by atoms with E-state index in [1.54, 1.807) is 24.3 Å². The summed E-state index contributed by atoms with van der Waals surface area (Å²) in [4.78, 5) is 11.2. The third-order valence-corrected chi connectivity index (χ3v) is 3.71. The molecular weight excluding hydrogens is 360 g/mol. The van der Waals surface area contributed by atoms with Crippen LogP contribution in [0.25, 0.3) is 11.5 Å². The van der Waals surface area contributed by atoms with Gasteiger partial charge in [-0.3, -0.25) is 4.79 Å². The van der Waals surface area contributed by atoms with Crippen molar-refractivity contribution in [3.8, 4) is 17.2 Å². The number of ketones is 1. The molecule has 0 atom stereocenters. The fraction of sp³-hybridized carbons (Fsp3) is 0.118. The summed E-state index contributed by atoms with van der Waals surface area (Å²) in [5.74, 6) is 1.49. The Labute approximate surface area is 141 Å². The van der Waals surface area contributed by atoms with Gasteiger partial charge in [-0.05, 0) is 55.5 Å². The molecule has 0 aliphatic rings. The number of rotatable bonds is 5. The van der Waals surface area contributed by atoms with Crippen molar-refractivity contribution in [3.63, 3.8) is 0 Å². The second-order valence-corrected chi connectivity index (χ2v) is 5.79. The Bertz CT molecular complexity index is 811. The van der Waals surface area contributed by atoms with Crippen molar-refractivity contribution in [1.29, 1.82) is 0 Å². The summed E-state index contributed by atoms with van der Waals surface area (Å²) in [7, 11) is 0. The van der Waals surface area contributed by atoms with Crippen LogP contribution in [0.1, 0.15) is 23.2 Å². The molecule has 116 valence electrons. The predicted molar refractivity (Wildman–Crippen MR) is 88.2 cm³/mol. The Kier molecular flexibility index (Phi) is 4.52. The number of hydrogen-bond acceptors (Lipinski definition) is 5. The van der Waals surface area contributed by atoms with E-state index in [-0.39, 0.29) is 12.4 Å². The largest absolute Gasteiger partial charge is 0.484 e. The normalized spacial score (nSPS) is 10.5. The number of Topliss-reactive ketones (excluding diaryl/α,β-unsaturated/α-hetero) is 1. The van der Waals surface area contributed by atoms with Crippen LogP contribution in [0.5, 0.6) is 5.75 Å². The predicted octanol–water partition coefficient (Wildman–Crippen LogP) is 4.28. The number of carbonyl (C=O) groups is 1. The SMILES string of the molecule is CC(=O)c1ccc(OCc2nnc(-c3ccc(Br)cc3)o2)cc1. The van der Waals surface area contributed by atoms with Gasteiger partial charge in [-0.2, -0.15) is 0 Å². The molecule has 0 fully saturated rings. The third-order valence-electron chi connectivity index (χ3n) is 3.18. The highest BCUT2D eigenvalue weighted by molar-refractivity contribution is 9.10. The molecule has 0 radical (unpaired) electrons. The molecule has 0 saturated carbocycles. The van der Waals surface area contributed by atoms with Gasteiger partial charge in [0.25, 0.3) is 5.89 Å². The molecule has 0 amide bonds. The maximum atomic E-state index is 11.2. The van der Waals surface area contributed by atoms with Gasteiger partial charge in [0.05, 0.1) is 0 Å².